The van der Waals surface area contributed by atoms with Crippen LogP contribution in [0, 0.1) is 0 Å². The smallest absolute Gasteiger partial charge is 0.261 e. The Hall–Kier alpha value is 1.59. The van der Waals surface area contributed by atoms with Crippen LogP contribution in [0.4, 0.5) is 0 Å². The zero-order valence-electron chi connectivity index (χ0n) is 2.17. The van der Waals surface area contributed by atoms with E-state index in [1.807, 2.05) is 0 Å². The summed E-state index contributed by atoms with van der Waals surface area (Å²) in [4.78, 5) is 0. The summed E-state index contributed by atoms with van der Waals surface area (Å²) in [5.74, 6) is 0. The van der Waals surface area contributed by atoms with E-state index in [0.717, 1.165) is 0 Å². The maximum atomic E-state index is 7.94. The Bertz CT molecular complexity index is 8.00. The molecule has 1 nitrogen and oxygen atoms in total. The van der Waals surface area contributed by atoms with Crippen LogP contribution in [0.2, 0.25) is 0 Å². The third kappa shape index (κ3) is 9.52. The fourth-order valence-electron chi connectivity index (χ4n) is 0. The zero-order chi connectivity index (χ0) is 2.00. The second kappa shape index (κ2) is 23.4. The number of rotatable bonds is 0. The first-order chi connectivity index (χ1) is 1.00. The quantitative estimate of drug-likeness (QED) is 0.340. The van der Waals surface area contributed by atoms with Gasteiger partial charge in [0.15, 0.2) is 0 Å². The van der Waals surface area contributed by atoms with Crippen molar-refractivity contribution in [1.29, 1.82) is 0 Å². The van der Waals surface area contributed by atoms with Crippen molar-refractivity contribution in [3.05, 3.63) is 0 Å². The van der Waals surface area contributed by atoms with Crippen molar-refractivity contribution in [3.63, 3.8) is 0 Å². The summed E-state index contributed by atoms with van der Waals surface area (Å²) in [6.07, 6.45) is 0. The molecule has 0 unspecified atom stereocenters. The molecule has 2 radical (unpaired) electrons. The fraction of sp³-hybridized carbons (Fsp3) is 0. The molecule has 22 valence electrons. The average molecular weight is 129 g/mol. The van der Waals surface area contributed by atoms with Gasteiger partial charge in [-0.1, -0.05) is 0 Å². The predicted octanol–water partition coefficient (Wildman–Crippen LogP) is 0.359. The molecule has 0 N–H and O–H groups in total. The molecule has 0 aliphatic heterocycles. The van der Waals surface area contributed by atoms with Crippen molar-refractivity contribution in [2.45, 2.75) is 0 Å². The van der Waals surface area contributed by atoms with Crippen molar-refractivity contribution < 1.29 is 21.1 Å². The molecule has 0 fully saturated rings. The molecule has 0 rings (SSSR count). The summed E-state index contributed by atoms with van der Waals surface area (Å²) in [5, 5.41) is 0. The van der Waals surface area contributed by atoms with E-state index in [9.17, 15) is 0 Å². The van der Waals surface area contributed by atoms with E-state index in [4.69, 9.17) is 4.57 Å². The molecule has 0 aliphatic carbocycles. The summed E-state index contributed by atoms with van der Waals surface area (Å²) >= 11 is 0. The van der Waals surface area contributed by atoms with Crippen molar-refractivity contribution in [1.82, 2.24) is 0 Å². The van der Waals surface area contributed by atoms with Gasteiger partial charge in [-0.15, -0.1) is 0 Å². The van der Waals surface area contributed by atoms with Crippen LogP contribution < -0.4 is 0 Å². The van der Waals surface area contributed by atoms with Crippen LogP contribution in [-0.4, -0.2) is 29.6 Å². The third-order valence-electron chi connectivity index (χ3n) is 0. The molecule has 0 heterocycles. The van der Waals surface area contributed by atoms with E-state index in [-0.39, 0.29) is 46.0 Å². The van der Waals surface area contributed by atoms with Crippen LogP contribution >= 0.6 is 9.12 Å². The van der Waals surface area contributed by atoms with Gasteiger partial charge in [0.05, 0.1) is 0 Å². The Morgan fingerprint density at radius 1 is 1.25 bits per heavy atom. The van der Waals surface area contributed by atoms with Crippen molar-refractivity contribution in [2.75, 3.05) is 0 Å². The van der Waals surface area contributed by atoms with Gasteiger partial charge in [-0.3, -0.25) is 4.57 Å². The van der Waals surface area contributed by atoms with E-state index >= 15 is 0 Å². The molecule has 0 bridgehead atoms. The fourth-order valence-corrected chi connectivity index (χ4v) is 0. The van der Waals surface area contributed by atoms with Gasteiger partial charge in [-0.05, 0) is 0 Å². The second-order valence-corrected chi connectivity index (χ2v) is 0. The van der Waals surface area contributed by atoms with Gasteiger partial charge in [0.1, 0.15) is 0 Å². The minimum absolute atomic E-state index is 0. The van der Waals surface area contributed by atoms with E-state index in [1.165, 1.54) is 0 Å². The summed E-state index contributed by atoms with van der Waals surface area (Å²) in [6, 6.07) is 0. The molecule has 4 heteroatoms. The molecule has 0 saturated heterocycles. The molecule has 0 aromatic rings. The normalized spacial score (nSPS) is 1.00. The monoisotopic (exact) mass is 128 g/mol. The van der Waals surface area contributed by atoms with Gasteiger partial charge >= 0.3 is 0 Å². The molecule has 0 aliphatic rings. The van der Waals surface area contributed by atoms with Gasteiger partial charge in [-0.2, -0.15) is 0 Å². The first-order valence-electron chi connectivity index (χ1n) is 0.183. The average Bonchev–Trinajstić information content (AvgIpc) is 1.00. The molecule has 0 spiro atoms. The van der Waals surface area contributed by atoms with E-state index in [0.29, 0.717) is 0 Å². The standard InChI is InChI=1S/Na.Ni.OP/c;;1-2. The Morgan fingerprint density at radius 3 is 1.25 bits per heavy atom. The van der Waals surface area contributed by atoms with Gasteiger partial charge in [0.2, 0.25) is 0 Å². The van der Waals surface area contributed by atoms with Crippen LogP contribution in [0.5, 0.6) is 0 Å². The van der Waals surface area contributed by atoms with Crippen LogP contribution in [0.3, 0.4) is 0 Å². The molecular formula is NaNiOP. The second-order valence-electron chi connectivity index (χ2n) is 0. The van der Waals surface area contributed by atoms with Crippen molar-refractivity contribution in [3.8, 4) is 0 Å². The Balaban J connectivity index is -0.00000000500. The van der Waals surface area contributed by atoms with E-state index < -0.39 is 0 Å². The largest absolute Gasteiger partial charge is 0.261 e. The molecule has 0 aromatic carbocycles. The first kappa shape index (κ1) is 17.5. The van der Waals surface area contributed by atoms with Crippen LogP contribution in [-0.2, 0) is 21.1 Å². The number of hydrogen-bond donors (Lipinski definition) is 0. The minimum Gasteiger partial charge on any atom is -0.261 e. The van der Waals surface area contributed by atoms with Crippen molar-refractivity contribution in [2.24, 2.45) is 0 Å². The molecule has 0 atom stereocenters. The number of hydrogen-bond acceptors (Lipinski definition) is 1. The molecule has 0 saturated carbocycles. The molecule has 0 aromatic heterocycles. The van der Waals surface area contributed by atoms with Gasteiger partial charge in [0.25, 0.3) is 9.12 Å². The summed E-state index contributed by atoms with van der Waals surface area (Å²) in [6.45, 7) is 0. The summed E-state index contributed by atoms with van der Waals surface area (Å²) in [7, 11) is 2.28. The van der Waals surface area contributed by atoms with E-state index in [1.54, 1.807) is 0 Å². The van der Waals surface area contributed by atoms with Crippen LogP contribution in [0.15, 0.2) is 0 Å². The van der Waals surface area contributed by atoms with E-state index in [2.05, 4.69) is 9.12 Å². The Morgan fingerprint density at radius 2 is 1.25 bits per heavy atom. The van der Waals surface area contributed by atoms with Crippen molar-refractivity contribution >= 4 is 38.7 Å². The molecular weight excluding hydrogens is 129 g/mol. The van der Waals surface area contributed by atoms with Gasteiger partial charge in [-0.25, -0.2) is 0 Å². The maximum absolute atomic E-state index is 7.94. The topological polar surface area (TPSA) is 17.1 Å². The van der Waals surface area contributed by atoms with Gasteiger partial charge < -0.3 is 0 Å². The summed E-state index contributed by atoms with van der Waals surface area (Å²) in [5.41, 5.74) is 0. The zero-order valence-corrected chi connectivity index (χ0v) is 6.05. The van der Waals surface area contributed by atoms with Crippen LogP contribution in [0.25, 0.3) is 0 Å². The predicted molar refractivity (Wildman–Crippen MR) is 13.4 cm³/mol. The molecule has 4 heavy (non-hydrogen) atoms. The Labute approximate surface area is 59.4 Å². The van der Waals surface area contributed by atoms with Gasteiger partial charge in [0, 0.05) is 46.0 Å². The Kier molecular flexibility index (Phi) is 102. The summed E-state index contributed by atoms with van der Waals surface area (Å²) < 4.78 is 7.94. The molecule has 0 amide bonds. The third-order valence-corrected chi connectivity index (χ3v) is 0. The maximum Gasteiger partial charge on any atom is 0.261 e. The van der Waals surface area contributed by atoms with Crippen LogP contribution in [0.1, 0.15) is 0 Å². The minimum atomic E-state index is 0. The first-order valence-corrected chi connectivity index (χ1v) is 0.548. The SMILES string of the molecule is O=[P].[Na].[Ni].